The SMILES string of the molecule is CCc1cc(C(=O)Nc2nc(-c3cccc([N+](=O)[O-])c3)cs2)sc1C. The summed E-state index contributed by atoms with van der Waals surface area (Å²) in [6, 6.07) is 8.18. The van der Waals surface area contributed by atoms with Crippen LogP contribution in [0.1, 0.15) is 27.0 Å². The van der Waals surface area contributed by atoms with Crippen LogP contribution in [0.15, 0.2) is 35.7 Å². The van der Waals surface area contributed by atoms with E-state index in [0.29, 0.717) is 21.3 Å². The van der Waals surface area contributed by atoms with E-state index >= 15 is 0 Å². The zero-order valence-corrected chi connectivity index (χ0v) is 15.2. The summed E-state index contributed by atoms with van der Waals surface area (Å²) in [5.41, 5.74) is 2.43. The van der Waals surface area contributed by atoms with Crippen molar-refractivity contribution in [2.75, 3.05) is 5.32 Å². The molecule has 6 nitrogen and oxygen atoms in total. The molecule has 1 amide bonds. The molecule has 1 N–H and O–H groups in total. The fraction of sp³-hybridized carbons (Fsp3) is 0.176. The number of hydrogen-bond acceptors (Lipinski definition) is 6. The largest absolute Gasteiger partial charge is 0.297 e. The molecule has 0 spiro atoms. The number of amides is 1. The highest BCUT2D eigenvalue weighted by molar-refractivity contribution is 7.15. The highest BCUT2D eigenvalue weighted by atomic mass is 32.1. The second-order valence-electron chi connectivity index (χ2n) is 5.35. The van der Waals surface area contributed by atoms with Crippen molar-refractivity contribution < 1.29 is 9.72 Å². The van der Waals surface area contributed by atoms with Crippen LogP contribution in [0.4, 0.5) is 10.8 Å². The van der Waals surface area contributed by atoms with Gasteiger partial charge in [-0.05, 0) is 25.0 Å². The Morgan fingerprint density at radius 2 is 2.16 bits per heavy atom. The van der Waals surface area contributed by atoms with Gasteiger partial charge in [0.15, 0.2) is 5.13 Å². The molecule has 0 aliphatic carbocycles. The molecule has 0 atom stereocenters. The summed E-state index contributed by atoms with van der Waals surface area (Å²) < 4.78 is 0. The Kier molecular flexibility index (Phi) is 4.91. The zero-order chi connectivity index (χ0) is 18.0. The molecule has 1 aromatic carbocycles. The van der Waals surface area contributed by atoms with Crippen LogP contribution >= 0.6 is 22.7 Å². The third-order valence-corrected chi connectivity index (χ3v) is 5.55. The van der Waals surface area contributed by atoms with Crippen molar-refractivity contribution >= 4 is 39.4 Å². The highest BCUT2D eigenvalue weighted by Crippen LogP contribution is 2.28. The average Bonchev–Trinajstić information content (AvgIpc) is 3.21. The minimum Gasteiger partial charge on any atom is -0.297 e. The standard InChI is InChI=1S/C17H15N3O3S2/c1-3-11-8-15(25-10(11)2)16(21)19-17-18-14(9-24-17)12-5-4-6-13(7-12)20(22)23/h4-9H,3H2,1-2H3,(H,18,19,21). The summed E-state index contributed by atoms with van der Waals surface area (Å²) in [5, 5.41) is 15.9. The molecule has 3 rings (SSSR count). The summed E-state index contributed by atoms with van der Waals surface area (Å²) in [6.07, 6.45) is 0.893. The number of nitrogens with zero attached hydrogens (tertiary/aromatic N) is 2. The predicted molar refractivity (Wildman–Crippen MR) is 101 cm³/mol. The van der Waals surface area contributed by atoms with Gasteiger partial charge in [0.25, 0.3) is 11.6 Å². The van der Waals surface area contributed by atoms with Gasteiger partial charge in [0.2, 0.25) is 0 Å². The summed E-state index contributed by atoms with van der Waals surface area (Å²) in [7, 11) is 0. The predicted octanol–water partition coefficient (Wildman–Crippen LogP) is 4.90. The van der Waals surface area contributed by atoms with E-state index in [1.54, 1.807) is 17.5 Å². The fourth-order valence-electron chi connectivity index (χ4n) is 2.38. The molecule has 3 aromatic rings. The molecule has 25 heavy (non-hydrogen) atoms. The number of aromatic nitrogens is 1. The molecule has 0 radical (unpaired) electrons. The third kappa shape index (κ3) is 3.75. The molecule has 0 saturated heterocycles. The Morgan fingerprint density at radius 1 is 1.36 bits per heavy atom. The van der Waals surface area contributed by atoms with Crippen LogP contribution in [-0.4, -0.2) is 15.8 Å². The highest BCUT2D eigenvalue weighted by Gasteiger charge is 2.15. The number of hydrogen-bond donors (Lipinski definition) is 1. The number of aryl methyl sites for hydroxylation is 2. The third-order valence-electron chi connectivity index (χ3n) is 3.70. The quantitative estimate of drug-likeness (QED) is 0.509. The Balaban J connectivity index is 1.78. The van der Waals surface area contributed by atoms with E-state index in [-0.39, 0.29) is 11.6 Å². The van der Waals surface area contributed by atoms with Gasteiger partial charge in [-0.3, -0.25) is 20.2 Å². The van der Waals surface area contributed by atoms with Gasteiger partial charge in [-0.2, -0.15) is 0 Å². The van der Waals surface area contributed by atoms with Crippen LogP contribution < -0.4 is 5.32 Å². The van der Waals surface area contributed by atoms with Gasteiger partial charge in [0, 0.05) is 28.0 Å². The smallest absolute Gasteiger partial charge is 0.270 e. The van der Waals surface area contributed by atoms with Crippen LogP contribution in [0.25, 0.3) is 11.3 Å². The number of carbonyl (C=O) groups is 1. The summed E-state index contributed by atoms with van der Waals surface area (Å²) in [4.78, 5) is 29.0. The van der Waals surface area contributed by atoms with Gasteiger partial charge < -0.3 is 0 Å². The van der Waals surface area contributed by atoms with Crippen LogP contribution in [-0.2, 0) is 6.42 Å². The molecular formula is C17H15N3O3S2. The Hall–Kier alpha value is -2.58. The number of nitro groups is 1. The fourth-order valence-corrected chi connectivity index (χ4v) is 4.11. The minimum absolute atomic E-state index is 0.0113. The first-order chi connectivity index (χ1) is 12.0. The van der Waals surface area contributed by atoms with Crippen LogP contribution in [0.2, 0.25) is 0 Å². The van der Waals surface area contributed by atoms with Crippen molar-refractivity contribution in [2.24, 2.45) is 0 Å². The van der Waals surface area contributed by atoms with Crippen molar-refractivity contribution in [1.29, 1.82) is 0 Å². The van der Waals surface area contributed by atoms with Crippen molar-refractivity contribution in [3.05, 3.63) is 61.1 Å². The average molecular weight is 373 g/mol. The van der Waals surface area contributed by atoms with Gasteiger partial charge in [-0.15, -0.1) is 22.7 Å². The number of benzene rings is 1. The summed E-state index contributed by atoms with van der Waals surface area (Å²) in [6.45, 7) is 4.06. The Morgan fingerprint density at radius 3 is 2.84 bits per heavy atom. The van der Waals surface area contributed by atoms with E-state index in [2.05, 4.69) is 17.2 Å². The molecule has 0 aliphatic rings. The van der Waals surface area contributed by atoms with Gasteiger partial charge in [0.1, 0.15) is 0 Å². The first-order valence-electron chi connectivity index (χ1n) is 7.59. The lowest BCUT2D eigenvalue weighted by molar-refractivity contribution is -0.384. The number of thiophene rings is 1. The maximum atomic E-state index is 12.4. The number of thiazole rings is 1. The topological polar surface area (TPSA) is 85.1 Å². The molecule has 0 fully saturated rings. The van der Waals surface area contributed by atoms with Crippen molar-refractivity contribution in [1.82, 2.24) is 4.98 Å². The van der Waals surface area contributed by atoms with Gasteiger partial charge >= 0.3 is 0 Å². The monoisotopic (exact) mass is 373 g/mol. The molecule has 0 aliphatic heterocycles. The van der Waals surface area contributed by atoms with Crippen LogP contribution in [0.5, 0.6) is 0 Å². The van der Waals surface area contributed by atoms with E-state index in [4.69, 9.17) is 0 Å². The van der Waals surface area contributed by atoms with Gasteiger partial charge in [-0.1, -0.05) is 19.1 Å². The molecule has 0 bridgehead atoms. The number of carbonyl (C=O) groups excluding carboxylic acids is 1. The molecule has 0 saturated carbocycles. The maximum absolute atomic E-state index is 12.4. The van der Waals surface area contributed by atoms with E-state index in [1.807, 2.05) is 13.0 Å². The van der Waals surface area contributed by atoms with E-state index in [1.165, 1.54) is 40.4 Å². The van der Waals surface area contributed by atoms with Gasteiger partial charge in [0.05, 0.1) is 15.5 Å². The second kappa shape index (κ2) is 7.12. The molecule has 0 unspecified atom stereocenters. The maximum Gasteiger partial charge on any atom is 0.270 e. The lowest BCUT2D eigenvalue weighted by atomic mass is 10.1. The lowest BCUT2D eigenvalue weighted by Gasteiger charge is -1.99. The molecule has 2 heterocycles. The lowest BCUT2D eigenvalue weighted by Crippen LogP contribution is -2.09. The second-order valence-corrected chi connectivity index (χ2v) is 7.46. The van der Waals surface area contributed by atoms with E-state index < -0.39 is 4.92 Å². The van der Waals surface area contributed by atoms with Gasteiger partial charge in [-0.25, -0.2) is 4.98 Å². The van der Waals surface area contributed by atoms with E-state index in [9.17, 15) is 14.9 Å². The van der Waals surface area contributed by atoms with Crippen LogP contribution in [0, 0.1) is 17.0 Å². The molecule has 128 valence electrons. The summed E-state index contributed by atoms with van der Waals surface area (Å²) >= 11 is 2.75. The minimum atomic E-state index is -0.441. The zero-order valence-electron chi connectivity index (χ0n) is 13.6. The molecule has 2 aromatic heterocycles. The van der Waals surface area contributed by atoms with Crippen molar-refractivity contribution in [3.63, 3.8) is 0 Å². The first-order valence-corrected chi connectivity index (χ1v) is 9.28. The number of anilines is 1. The normalized spacial score (nSPS) is 10.6. The summed E-state index contributed by atoms with van der Waals surface area (Å²) in [5.74, 6) is -0.187. The molecule has 8 heteroatoms. The van der Waals surface area contributed by atoms with E-state index in [0.717, 1.165) is 11.3 Å². The van der Waals surface area contributed by atoms with Crippen molar-refractivity contribution in [3.8, 4) is 11.3 Å². The number of nitrogens with one attached hydrogen (secondary N) is 1. The van der Waals surface area contributed by atoms with Crippen LogP contribution in [0.3, 0.4) is 0 Å². The number of rotatable bonds is 5. The van der Waals surface area contributed by atoms with Crippen molar-refractivity contribution in [2.45, 2.75) is 20.3 Å². The Bertz CT molecular complexity index is 946. The molecular weight excluding hydrogens is 358 g/mol. The Labute approximate surface area is 152 Å². The number of nitro benzene ring substituents is 1. The first kappa shape index (κ1) is 17.2. The number of non-ortho nitro benzene ring substituents is 1.